The Hall–Kier alpha value is -3.33. The molecule has 120 valence electrons. The van der Waals surface area contributed by atoms with Gasteiger partial charge < -0.3 is 0 Å². The summed E-state index contributed by atoms with van der Waals surface area (Å²) in [5, 5.41) is 4.06. The third kappa shape index (κ3) is 2.92. The van der Waals surface area contributed by atoms with Crippen molar-refractivity contribution in [3.63, 3.8) is 0 Å². The van der Waals surface area contributed by atoms with Gasteiger partial charge in [0.2, 0.25) is 0 Å². The molecule has 0 unspecified atom stereocenters. The highest BCUT2D eigenvalue weighted by molar-refractivity contribution is 5.97. The van der Waals surface area contributed by atoms with Crippen LogP contribution in [0.25, 0.3) is 33.2 Å². The van der Waals surface area contributed by atoms with Crippen molar-refractivity contribution in [1.29, 1.82) is 0 Å². The minimum absolute atomic E-state index is 0.433. The lowest BCUT2D eigenvalue weighted by molar-refractivity contribution is 1.41. The number of fused-ring (bicyclic) bond motifs is 1. The highest BCUT2D eigenvalue weighted by atomic mass is 16.3. The van der Waals surface area contributed by atoms with Crippen LogP contribution in [0, 0.1) is 11.8 Å². The molecule has 0 spiro atoms. The predicted octanol–water partition coefficient (Wildman–Crippen LogP) is 6.28. The van der Waals surface area contributed by atoms with Crippen molar-refractivity contribution in [2.24, 2.45) is 5.18 Å². The van der Waals surface area contributed by atoms with E-state index < -0.39 is 0 Å². The molecule has 1 aromatic heterocycles. The number of nitroso groups, excluding NO2 is 1. The molecule has 0 aliphatic carbocycles. The number of aryl methyl sites for hydroxylation is 1. The molecule has 0 atom stereocenters. The molecule has 0 fully saturated rings. The minimum Gasteiger partial charge on any atom is -0.256 e. The van der Waals surface area contributed by atoms with E-state index in [0.717, 1.165) is 27.6 Å². The van der Waals surface area contributed by atoms with Crippen LogP contribution in [-0.4, -0.2) is 4.98 Å². The van der Waals surface area contributed by atoms with Crippen LogP contribution in [0.3, 0.4) is 0 Å². The minimum atomic E-state index is 0.433. The zero-order valence-electron chi connectivity index (χ0n) is 13.8. The second kappa shape index (κ2) is 6.29. The van der Waals surface area contributed by atoms with Crippen LogP contribution in [0.4, 0.5) is 5.69 Å². The quantitative estimate of drug-likeness (QED) is 0.416. The summed E-state index contributed by atoms with van der Waals surface area (Å²) in [7, 11) is 0. The molecule has 0 aliphatic rings. The summed E-state index contributed by atoms with van der Waals surface area (Å²) in [6, 6.07) is 24.2. The van der Waals surface area contributed by atoms with E-state index in [1.165, 1.54) is 11.1 Å². The lowest BCUT2D eigenvalue weighted by Crippen LogP contribution is -1.86. The first-order valence-electron chi connectivity index (χ1n) is 8.14. The number of hydrogen-bond acceptors (Lipinski definition) is 3. The first-order valence-corrected chi connectivity index (χ1v) is 8.14. The summed E-state index contributed by atoms with van der Waals surface area (Å²) in [5.41, 5.74) is 7.11. The molecular weight excluding hydrogens is 308 g/mol. The summed E-state index contributed by atoms with van der Waals surface area (Å²) >= 11 is 0. The van der Waals surface area contributed by atoms with E-state index >= 15 is 0 Å². The van der Waals surface area contributed by atoms with Crippen LogP contribution in [0.5, 0.6) is 0 Å². The Morgan fingerprint density at radius 1 is 0.760 bits per heavy atom. The summed E-state index contributed by atoms with van der Waals surface area (Å²) in [6.45, 7) is 2.09. The zero-order chi connectivity index (χ0) is 17.2. The fraction of sp³-hybridized carbons (Fsp3) is 0.0455. The van der Waals surface area contributed by atoms with Crippen molar-refractivity contribution in [2.75, 3.05) is 0 Å². The Morgan fingerprint density at radius 2 is 1.44 bits per heavy atom. The Balaban J connectivity index is 1.88. The highest BCUT2D eigenvalue weighted by Crippen LogP contribution is 2.32. The van der Waals surface area contributed by atoms with Gasteiger partial charge in [0, 0.05) is 11.6 Å². The maximum atomic E-state index is 10.6. The molecular formula is C22H16N2O. The molecule has 0 N–H and O–H groups in total. The molecule has 0 saturated carbocycles. The Labute approximate surface area is 146 Å². The van der Waals surface area contributed by atoms with Crippen LogP contribution >= 0.6 is 0 Å². The largest absolute Gasteiger partial charge is 0.256 e. The van der Waals surface area contributed by atoms with E-state index in [9.17, 15) is 4.91 Å². The van der Waals surface area contributed by atoms with Gasteiger partial charge in [0.1, 0.15) is 5.69 Å². The van der Waals surface area contributed by atoms with Crippen molar-refractivity contribution in [2.45, 2.75) is 6.92 Å². The molecule has 3 aromatic carbocycles. The summed E-state index contributed by atoms with van der Waals surface area (Å²) in [6.07, 6.45) is 1.81. The summed E-state index contributed by atoms with van der Waals surface area (Å²) < 4.78 is 0. The van der Waals surface area contributed by atoms with Gasteiger partial charge in [0.15, 0.2) is 0 Å². The molecule has 4 rings (SSSR count). The maximum Gasteiger partial charge on any atom is 0.108 e. The monoisotopic (exact) mass is 324 g/mol. The number of pyridine rings is 1. The Bertz CT molecular complexity index is 1050. The summed E-state index contributed by atoms with van der Waals surface area (Å²) in [4.78, 5) is 15.1. The molecule has 4 aromatic rings. The zero-order valence-corrected chi connectivity index (χ0v) is 13.8. The normalized spacial score (nSPS) is 10.8. The van der Waals surface area contributed by atoms with Gasteiger partial charge in [-0.3, -0.25) is 4.98 Å². The van der Waals surface area contributed by atoms with Gasteiger partial charge >= 0.3 is 0 Å². The number of hydrogen-bond donors (Lipinski definition) is 0. The fourth-order valence-corrected chi connectivity index (χ4v) is 3.03. The van der Waals surface area contributed by atoms with Crippen LogP contribution < -0.4 is 0 Å². The number of aromatic nitrogens is 1. The summed E-state index contributed by atoms with van der Waals surface area (Å²) in [5.74, 6) is 0. The predicted molar refractivity (Wildman–Crippen MR) is 103 cm³/mol. The Kier molecular flexibility index (Phi) is 3.82. The number of nitrogens with zero attached hydrogens (tertiary/aromatic N) is 2. The van der Waals surface area contributed by atoms with Crippen LogP contribution in [-0.2, 0) is 0 Å². The van der Waals surface area contributed by atoms with Gasteiger partial charge in [-0.15, -0.1) is 4.91 Å². The van der Waals surface area contributed by atoms with Crippen LogP contribution in [0.15, 0.2) is 84.2 Å². The lowest BCUT2D eigenvalue weighted by atomic mass is 9.97. The fourth-order valence-electron chi connectivity index (χ4n) is 3.03. The van der Waals surface area contributed by atoms with Crippen molar-refractivity contribution >= 4 is 16.6 Å². The van der Waals surface area contributed by atoms with Crippen LogP contribution in [0.1, 0.15) is 5.56 Å². The van der Waals surface area contributed by atoms with Crippen molar-refractivity contribution in [3.8, 4) is 22.3 Å². The number of benzene rings is 3. The van der Waals surface area contributed by atoms with Gasteiger partial charge in [-0.1, -0.05) is 48.0 Å². The van der Waals surface area contributed by atoms with E-state index in [0.29, 0.717) is 5.69 Å². The highest BCUT2D eigenvalue weighted by Gasteiger charge is 2.07. The molecule has 3 nitrogen and oxygen atoms in total. The van der Waals surface area contributed by atoms with Gasteiger partial charge in [0.25, 0.3) is 0 Å². The van der Waals surface area contributed by atoms with Gasteiger partial charge in [0.05, 0.1) is 5.52 Å². The third-order valence-corrected chi connectivity index (χ3v) is 4.41. The van der Waals surface area contributed by atoms with Crippen LogP contribution in [0.2, 0.25) is 0 Å². The molecule has 3 heteroatoms. The smallest absolute Gasteiger partial charge is 0.108 e. The average Bonchev–Trinajstić information content (AvgIpc) is 2.68. The second-order valence-electron chi connectivity index (χ2n) is 6.09. The van der Waals surface area contributed by atoms with Gasteiger partial charge in [-0.25, -0.2) is 0 Å². The second-order valence-corrected chi connectivity index (χ2v) is 6.09. The molecule has 1 heterocycles. The van der Waals surface area contributed by atoms with Gasteiger partial charge in [-0.05, 0) is 64.7 Å². The van der Waals surface area contributed by atoms with E-state index in [1.54, 1.807) is 12.1 Å². The molecule has 0 radical (unpaired) electrons. The molecule has 25 heavy (non-hydrogen) atoms. The average molecular weight is 324 g/mol. The molecule has 0 aliphatic heterocycles. The maximum absolute atomic E-state index is 10.6. The first-order chi connectivity index (χ1) is 12.2. The van der Waals surface area contributed by atoms with E-state index in [-0.39, 0.29) is 0 Å². The van der Waals surface area contributed by atoms with Crippen molar-refractivity contribution < 1.29 is 0 Å². The third-order valence-electron chi connectivity index (χ3n) is 4.41. The molecule has 0 amide bonds. The molecule has 0 saturated heterocycles. The van der Waals surface area contributed by atoms with Gasteiger partial charge in [-0.2, -0.15) is 0 Å². The lowest BCUT2D eigenvalue weighted by Gasteiger charge is -2.09. The topological polar surface area (TPSA) is 42.3 Å². The Morgan fingerprint density at radius 3 is 2.16 bits per heavy atom. The SMILES string of the molecule is Cc1ccc(-c2ccc3nccc(-c4ccc(N=O)cc4)c3c2)cc1. The van der Waals surface area contributed by atoms with E-state index in [4.69, 9.17) is 0 Å². The van der Waals surface area contributed by atoms with Crippen molar-refractivity contribution in [3.05, 3.63) is 89.5 Å². The first kappa shape index (κ1) is 15.2. The molecule has 0 bridgehead atoms. The van der Waals surface area contributed by atoms with Crippen molar-refractivity contribution in [1.82, 2.24) is 4.98 Å². The number of rotatable bonds is 3. The van der Waals surface area contributed by atoms with E-state index in [2.05, 4.69) is 59.5 Å². The van der Waals surface area contributed by atoms with E-state index in [1.807, 2.05) is 24.4 Å². The standard InChI is InChI=1S/C22H16N2O/c1-15-2-4-16(5-3-15)18-8-11-22-21(14-18)20(12-13-23-22)17-6-9-19(24-25)10-7-17/h2-14H,1H3.